The highest BCUT2D eigenvalue weighted by Gasteiger charge is 2.20. The quantitative estimate of drug-likeness (QED) is 0.736. The number of hydrogen-bond acceptors (Lipinski definition) is 3. The smallest absolute Gasteiger partial charge is 0.305 e. The van der Waals surface area contributed by atoms with Gasteiger partial charge in [0.15, 0.2) is 0 Å². The summed E-state index contributed by atoms with van der Waals surface area (Å²) in [5.41, 5.74) is 2.23. The lowest BCUT2D eigenvalue weighted by molar-refractivity contribution is -0.140. The van der Waals surface area contributed by atoms with Gasteiger partial charge in [0.1, 0.15) is 0 Å². The van der Waals surface area contributed by atoms with Gasteiger partial charge in [0.2, 0.25) is 0 Å². The topological polar surface area (TPSA) is 39.2 Å². The minimum atomic E-state index is -0.175. The Kier molecular flexibility index (Phi) is 6.00. The Bertz CT molecular complexity index is 388. The molecule has 0 N–H and O–H groups in total. The predicted molar refractivity (Wildman–Crippen MR) is 77.0 cm³/mol. The second kappa shape index (κ2) is 7.27. The van der Waals surface area contributed by atoms with Crippen molar-refractivity contribution in [1.29, 1.82) is 0 Å². The van der Waals surface area contributed by atoms with Crippen molar-refractivity contribution in [3.63, 3.8) is 0 Å². The summed E-state index contributed by atoms with van der Waals surface area (Å²) in [7, 11) is 1.42. The molecule has 0 fully saturated rings. The molecule has 0 atom stereocenters. The monoisotopic (exact) mass is 263 g/mol. The number of methoxy groups -OCH3 is 1. The van der Waals surface area contributed by atoms with Crippen molar-refractivity contribution < 1.29 is 9.53 Å². The van der Waals surface area contributed by atoms with Crippen LogP contribution in [-0.4, -0.2) is 18.1 Å². The minimum absolute atomic E-state index is 0.175. The fourth-order valence-electron chi connectivity index (χ4n) is 2.58. The summed E-state index contributed by atoms with van der Waals surface area (Å²) in [6.45, 7) is 8.93. The number of ether oxygens (including phenoxy) is 1. The van der Waals surface area contributed by atoms with Gasteiger partial charge in [-0.25, -0.2) is 0 Å². The van der Waals surface area contributed by atoms with E-state index in [4.69, 9.17) is 0 Å². The molecule has 106 valence electrons. The third-order valence-electron chi connectivity index (χ3n) is 3.47. The lowest BCUT2D eigenvalue weighted by Gasteiger charge is -2.24. The number of carbonyl (C=O) groups is 1. The molecular weight excluding hydrogens is 238 g/mol. The first kappa shape index (κ1) is 15.7. The van der Waals surface area contributed by atoms with Gasteiger partial charge in [-0.05, 0) is 29.9 Å². The number of aromatic nitrogens is 1. The van der Waals surface area contributed by atoms with Crippen LogP contribution in [0.1, 0.15) is 51.3 Å². The summed E-state index contributed by atoms with van der Waals surface area (Å²) in [4.78, 5) is 15.7. The SMILES string of the molecule is COC(=O)CCc1ccc(C(C(C)C)C(C)C)nc1. The normalized spacial score (nSPS) is 11.4. The van der Waals surface area contributed by atoms with Crippen LogP contribution in [0.15, 0.2) is 18.3 Å². The first-order valence-corrected chi connectivity index (χ1v) is 6.97. The fourth-order valence-corrected chi connectivity index (χ4v) is 2.58. The van der Waals surface area contributed by atoms with E-state index in [2.05, 4.69) is 49.5 Å². The van der Waals surface area contributed by atoms with E-state index < -0.39 is 0 Å². The van der Waals surface area contributed by atoms with Gasteiger partial charge < -0.3 is 4.74 Å². The molecule has 1 aromatic heterocycles. The molecule has 3 heteroatoms. The lowest BCUT2D eigenvalue weighted by Crippen LogP contribution is -2.15. The molecule has 0 aliphatic heterocycles. The molecule has 0 radical (unpaired) electrons. The molecule has 0 aromatic carbocycles. The van der Waals surface area contributed by atoms with Crippen LogP contribution in [0.2, 0.25) is 0 Å². The summed E-state index contributed by atoms with van der Waals surface area (Å²) in [6, 6.07) is 4.17. The molecular formula is C16H25NO2. The van der Waals surface area contributed by atoms with E-state index in [0.717, 1.165) is 11.3 Å². The van der Waals surface area contributed by atoms with E-state index in [1.165, 1.54) is 7.11 Å². The number of rotatable bonds is 6. The van der Waals surface area contributed by atoms with Crippen LogP contribution in [-0.2, 0) is 16.0 Å². The van der Waals surface area contributed by atoms with Crippen LogP contribution < -0.4 is 0 Å². The molecule has 3 nitrogen and oxygen atoms in total. The molecule has 0 unspecified atom stereocenters. The predicted octanol–water partition coefficient (Wildman–Crippen LogP) is 3.58. The molecule has 0 bridgehead atoms. The van der Waals surface area contributed by atoms with E-state index in [0.29, 0.717) is 30.6 Å². The largest absolute Gasteiger partial charge is 0.469 e. The second-order valence-corrected chi connectivity index (χ2v) is 5.68. The Morgan fingerprint density at radius 2 is 1.84 bits per heavy atom. The van der Waals surface area contributed by atoms with E-state index >= 15 is 0 Å². The summed E-state index contributed by atoms with van der Waals surface area (Å²) >= 11 is 0. The zero-order chi connectivity index (χ0) is 14.4. The lowest BCUT2D eigenvalue weighted by atomic mass is 9.82. The van der Waals surface area contributed by atoms with Crippen molar-refractivity contribution in [1.82, 2.24) is 4.98 Å². The minimum Gasteiger partial charge on any atom is -0.469 e. The Morgan fingerprint density at radius 3 is 2.26 bits per heavy atom. The summed E-state index contributed by atoms with van der Waals surface area (Å²) in [5, 5.41) is 0. The summed E-state index contributed by atoms with van der Waals surface area (Å²) < 4.78 is 4.64. The van der Waals surface area contributed by atoms with Crippen LogP contribution in [0, 0.1) is 11.8 Å². The van der Waals surface area contributed by atoms with Crippen LogP contribution in [0.4, 0.5) is 0 Å². The second-order valence-electron chi connectivity index (χ2n) is 5.68. The maximum absolute atomic E-state index is 11.1. The maximum Gasteiger partial charge on any atom is 0.305 e. The molecule has 0 saturated carbocycles. The summed E-state index contributed by atoms with van der Waals surface area (Å²) in [6.07, 6.45) is 2.99. The molecule has 1 aromatic rings. The highest BCUT2D eigenvalue weighted by molar-refractivity contribution is 5.69. The van der Waals surface area contributed by atoms with Gasteiger partial charge in [-0.2, -0.15) is 0 Å². The standard InChI is InChI=1S/C16H25NO2/c1-11(2)16(12(3)4)14-8-6-13(10-17-14)7-9-15(18)19-5/h6,8,10-12,16H,7,9H2,1-5H3. The maximum atomic E-state index is 11.1. The third kappa shape index (κ3) is 4.66. The van der Waals surface area contributed by atoms with Gasteiger partial charge in [0.05, 0.1) is 7.11 Å². The van der Waals surface area contributed by atoms with Gasteiger partial charge >= 0.3 is 5.97 Å². The van der Waals surface area contributed by atoms with Gasteiger partial charge in [-0.1, -0.05) is 33.8 Å². The van der Waals surface area contributed by atoms with Crippen molar-refractivity contribution in [2.45, 2.75) is 46.5 Å². The van der Waals surface area contributed by atoms with Crippen LogP contribution in [0.5, 0.6) is 0 Å². The van der Waals surface area contributed by atoms with Crippen LogP contribution >= 0.6 is 0 Å². The van der Waals surface area contributed by atoms with Gasteiger partial charge in [-0.3, -0.25) is 9.78 Å². The van der Waals surface area contributed by atoms with Gasteiger partial charge in [0.25, 0.3) is 0 Å². The number of hydrogen-bond donors (Lipinski definition) is 0. The Morgan fingerprint density at radius 1 is 1.21 bits per heavy atom. The van der Waals surface area contributed by atoms with Gasteiger partial charge in [-0.15, -0.1) is 0 Å². The highest BCUT2D eigenvalue weighted by Crippen LogP contribution is 2.30. The van der Waals surface area contributed by atoms with E-state index in [1.807, 2.05) is 6.20 Å². The first-order valence-electron chi connectivity index (χ1n) is 6.97. The first-order chi connectivity index (χ1) is 8.95. The number of pyridine rings is 1. The molecule has 0 amide bonds. The molecule has 0 aliphatic carbocycles. The Labute approximate surface area is 116 Å². The Balaban J connectivity index is 2.72. The zero-order valence-electron chi connectivity index (χ0n) is 12.6. The number of aryl methyl sites for hydroxylation is 1. The molecule has 1 rings (SSSR count). The van der Waals surface area contributed by atoms with Crippen LogP contribution in [0.3, 0.4) is 0 Å². The molecule has 0 saturated heterocycles. The third-order valence-corrected chi connectivity index (χ3v) is 3.47. The van der Waals surface area contributed by atoms with Crippen molar-refractivity contribution in [2.75, 3.05) is 7.11 Å². The molecule has 0 spiro atoms. The molecule has 0 aliphatic rings. The summed E-state index contributed by atoms with van der Waals surface area (Å²) in [5.74, 6) is 1.46. The Hall–Kier alpha value is -1.38. The van der Waals surface area contributed by atoms with Crippen molar-refractivity contribution in [2.24, 2.45) is 11.8 Å². The van der Waals surface area contributed by atoms with Crippen molar-refractivity contribution in [3.8, 4) is 0 Å². The fraction of sp³-hybridized carbons (Fsp3) is 0.625. The highest BCUT2D eigenvalue weighted by atomic mass is 16.5. The number of esters is 1. The molecule has 1 heterocycles. The van der Waals surface area contributed by atoms with E-state index in [9.17, 15) is 4.79 Å². The van der Waals surface area contributed by atoms with E-state index in [1.54, 1.807) is 0 Å². The average molecular weight is 263 g/mol. The number of carbonyl (C=O) groups excluding carboxylic acids is 1. The van der Waals surface area contributed by atoms with Gasteiger partial charge in [0, 0.05) is 24.2 Å². The van der Waals surface area contributed by atoms with Crippen LogP contribution in [0.25, 0.3) is 0 Å². The van der Waals surface area contributed by atoms with E-state index in [-0.39, 0.29) is 5.97 Å². The zero-order valence-corrected chi connectivity index (χ0v) is 12.6. The van der Waals surface area contributed by atoms with Crippen molar-refractivity contribution in [3.05, 3.63) is 29.6 Å². The molecule has 19 heavy (non-hydrogen) atoms. The average Bonchev–Trinajstić information content (AvgIpc) is 2.36. The van der Waals surface area contributed by atoms with Crippen molar-refractivity contribution >= 4 is 5.97 Å². The number of nitrogens with zero attached hydrogens (tertiary/aromatic N) is 1.